The molecular weight excluding hydrogens is 376 g/mol. The van der Waals surface area contributed by atoms with Crippen molar-refractivity contribution in [1.29, 1.82) is 0 Å². The SMILES string of the molecule is CN[C@H]1CN(c2ccc3nc(-c4cc5cn(C)nc5c(C)c4O)ccc3n2)C[C@H]1C. The van der Waals surface area contributed by atoms with Gasteiger partial charge in [0.2, 0.25) is 0 Å². The maximum Gasteiger partial charge on any atom is 0.130 e. The Balaban J connectivity index is 1.53. The molecule has 0 aliphatic carbocycles. The largest absolute Gasteiger partial charge is 0.507 e. The average molecular weight is 403 g/mol. The highest BCUT2D eigenvalue weighted by Gasteiger charge is 2.29. The molecule has 2 N–H and O–H groups in total. The fourth-order valence-corrected chi connectivity index (χ4v) is 4.49. The first-order valence-corrected chi connectivity index (χ1v) is 10.3. The van der Waals surface area contributed by atoms with Crippen molar-refractivity contribution in [3.63, 3.8) is 0 Å². The van der Waals surface area contributed by atoms with Crippen molar-refractivity contribution < 1.29 is 5.11 Å². The van der Waals surface area contributed by atoms with E-state index in [1.807, 2.05) is 57.5 Å². The van der Waals surface area contributed by atoms with Crippen LogP contribution in [0.15, 0.2) is 36.5 Å². The summed E-state index contributed by atoms with van der Waals surface area (Å²) in [5.74, 6) is 1.79. The summed E-state index contributed by atoms with van der Waals surface area (Å²) in [6, 6.07) is 10.4. The van der Waals surface area contributed by atoms with E-state index in [2.05, 4.69) is 22.2 Å². The number of aromatic hydroxyl groups is 1. The summed E-state index contributed by atoms with van der Waals surface area (Å²) in [7, 11) is 3.90. The van der Waals surface area contributed by atoms with Crippen LogP contribution in [0.5, 0.6) is 5.75 Å². The maximum atomic E-state index is 10.8. The van der Waals surface area contributed by atoms with Gasteiger partial charge in [0.15, 0.2) is 0 Å². The zero-order chi connectivity index (χ0) is 21.0. The highest BCUT2D eigenvalue weighted by atomic mass is 16.3. The molecule has 7 heteroatoms. The third-order valence-electron chi connectivity index (χ3n) is 6.23. The average Bonchev–Trinajstić information content (AvgIpc) is 3.31. The molecule has 0 radical (unpaired) electrons. The molecule has 0 spiro atoms. The van der Waals surface area contributed by atoms with Crippen molar-refractivity contribution in [3.05, 3.63) is 42.1 Å². The second-order valence-corrected chi connectivity index (χ2v) is 8.32. The number of hydrogen-bond acceptors (Lipinski definition) is 6. The van der Waals surface area contributed by atoms with Crippen molar-refractivity contribution >= 4 is 27.8 Å². The van der Waals surface area contributed by atoms with E-state index in [1.165, 1.54) is 0 Å². The Morgan fingerprint density at radius 3 is 2.63 bits per heavy atom. The molecular formula is C23H26N6O. The number of likely N-dealkylation sites (N-methyl/N-ethyl adjacent to an activating group) is 1. The van der Waals surface area contributed by atoms with Gasteiger partial charge in [-0.2, -0.15) is 5.10 Å². The van der Waals surface area contributed by atoms with Gasteiger partial charge < -0.3 is 15.3 Å². The number of benzene rings is 1. The third-order valence-corrected chi connectivity index (χ3v) is 6.23. The first-order valence-electron chi connectivity index (χ1n) is 10.3. The third kappa shape index (κ3) is 2.97. The second-order valence-electron chi connectivity index (χ2n) is 8.32. The summed E-state index contributed by atoms with van der Waals surface area (Å²) in [5.41, 5.74) is 4.69. The van der Waals surface area contributed by atoms with E-state index in [0.29, 0.717) is 17.5 Å². The number of aryl methyl sites for hydroxylation is 2. The van der Waals surface area contributed by atoms with E-state index < -0.39 is 0 Å². The Morgan fingerprint density at radius 1 is 1.10 bits per heavy atom. The monoisotopic (exact) mass is 402 g/mol. The normalized spacial score (nSPS) is 19.3. The smallest absolute Gasteiger partial charge is 0.130 e. The van der Waals surface area contributed by atoms with E-state index >= 15 is 0 Å². The number of hydrogen-bond donors (Lipinski definition) is 2. The van der Waals surface area contributed by atoms with Crippen molar-refractivity contribution in [2.45, 2.75) is 19.9 Å². The minimum atomic E-state index is 0.224. The predicted molar refractivity (Wildman–Crippen MR) is 120 cm³/mol. The van der Waals surface area contributed by atoms with Crippen LogP contribution in [0.4, 0.5) is 5.82 Å². The molecule has 0 unspecified atom stereocenters. The number of aromatic nitrogens is 4. The van der Waals surface area contributed by atoms with Crippen LogP contribution < -0.4 is 10.2 Å². The van der Waals surface area contributed by atoms with Crippen LogP contribution >= 0.6 is 0 Å². The minimum Gasteiger partial charge on any atom is -0.507 e. The maximum absolute atomic E-state index is 10.8. The number of rotatable bonds is 3. The Bertz CT molecular complexity index is 1260. The van der Waals surface area contributed by atoms with E-state index in [1.54, 1.807) is 4.68 Å². The van der Waals surface area contributed by atoms with Crippen molar-refractivity contribution in [3.8, 4) is 17.0 Å². The van der Waals surface area contributed by atoms with Gasteiger partial charge in [-0.15, -0.1) is 0 Å². The van der Waals surface area contributed by atoms with E-state index in [4.69, 9.17) is 9.97 Å². The molecule has 0 bridgehead atoms. The standard InChI is InChI=1S/C23H26N6O/c1-13-10-29(12-20(13)24-3)21-8-7-18-19(26-21)6-5-17(25-18)16-9-15-11-28(4)27-22(15)14(2)23(16)30/h5-9,11,13,20,24,30H,10,12H2,1-4H3/t13-,20+/m1/s1. The summed E-state index contributed by atoms with van der Waals surface area (Å²) in [4.78, 5) is 12.0. The van der Waals surface area contributed by atoms with Crippen LogP contribution in [0.25, 0.3) is 33.2 Å². The van der Waals surface area contributed by atoms with Gasteiger partial charge in [-0.3, -0.25) is 4.68 Å². The molecule has 154 valence electrons. The molecule has 0 saturated carbocycles. The molecule has 1 aliphatic heterocycles. The number of pyridine rings is 2. The summed E-state index contributed by atoms with van der Waals surface area (Å²) in [5, 5.41) is 19.6. The van der Waals surface area contributed by atoms with Crippen molar-refractivity contribution in [2.24, 2.45) is 13.0 Å². The molecule has 5 rings (SSSR count). The van der Waals surface area contributed by atoms with Crippen LogP contribution in [0.1, 0.15) is 12.5 Å². The second kappa shape index (κ2) is 6.95. The Labute approximate surface area is 175 Å². The Hall–Kier alpha value is -3.19. The first-order chi connectivity index (χ1) is 14.4. The quantitative estimate of drug-likeness (QED) is 0.548. The molecule has 4 heterocycles. The minimum absolute atomic E-state index is 0.224. The van der Waals surface area contributed by atoms with Gasteiger partial charge in [-0.05, 0) is 50.2 Å². The Kier molecular flexibility index (Phi) is 4.36. The van der Waals surface area contributed by atoms with E-state index in [9.17, 15) is 5.11 Å². The lowest BCUT2D eigenvalue weighted by molar-refractivity contribution is 0.474. The van der Waals surface area contributed by atoms with Gasteiger partial charge in [0, 0.05) is 48.9 Å². The molecule has 30 heavy (non-hydrogen) atoms. The molecule has 0 amide bonds. The van der Waals surface area contributed by atoms with Crippen LogP contribution in [-0.2, 0) is 7.05 Å². The lowest BCUT2D eigenvalue weighted by Crippen LogP contribution is -2.32. The predicted octanol–water partition coefficient (Wildman–Crippen LogP) is 3.24. The van der Waals surface area contributed by atoms with Crippen LogP contribution in [0.2, 0.25) is 0 Å². The number of fused-ring (bicyclic) bond motifs is 2. The van der Waals surface area contributed by atoms with Gasteiger partial charge in [-0.1, -0.05) is 6.92 Å². The Morgan fingerprint density at radius 2 is 1.87 bits per heavy atom. The molecule has 4 aromatic rings. The zero-order valence-corrected chi connectivity index (χ0v) is 17.7. The van der Waals surface area contributed by atoms with Gasteiger partial charge in [0.05, 0.1) is 22.2 Å². The van der Waals surface area contributed by atoms with Crippen LogP contribution in [0, 0.1) is 12.8 Å². The van der Waals surface area contributed by atoms with Gasteiger partial charge in [0.1, 0.15) is 11.6 Å². The summed E-state index contributed by atoms with van der Waals surface area (Å²) < 4.78 is 1.76. The van der Waals surface area contributed by atoms with Gasteiger partial charge in [-0.25, -0.2) is 9.97 Å². The summed E-state index contributed by atoms with van der Waals surface area (Å²) in [6.45, 7) is 6.11. The number of phenols is 1. The molecule has 1 saturated heterocycles. The van der Waals surface area contributed by atoms with E-state index in [-0.39, 0.29) is 5.75 Å². The van der Waals surface area contributed by atoms with Gasteiger partial charge >= 0.3 is 0 Å². The molecule has 1 fully saturated rings. The van der Waals surface area contributed by atoms with Crippen molar-refractivity contribution in [2.75, 3.05) is 25.0 Å². The number of nitrogens with zero attached hydrogens (tertiary/aromatic N) is 5. The molecule has 1 aromatic carbocycles. The van der Waals surface area contributed by atoms with Gasteiger partial charge in [0.25, 0.3) is 0 Å². The van der Waals surface area contributed by atoms with E-state index in [0.717, 1.165) is 52.1 Å². The molecule has 7 nitrogen and oxygen atoms in total. The summed E-state index contributed by atoms with van der Waals surface area (Å²) >= 11 is 0. The number of phenolic OH excluding ortho intramolecular Hbond substituents is 1. The first kappa shape index (κ1) is 18.8. The highest BCUT2D eigenvalue weighted by Crippen LogP contribution is 2.36. The fourth-order valence-electron chi connectivity index (χ4n) is 4.49. The lowest BCUT2D eigenvalue weighted by Gasteiger charge is -2.17. The number of anilines is 1. The lowest BCUT2D eigenvalue weighted by atomic mass is 10.0. The molecule has 3 aromatic heterocycles. The molecule has 2 atom stereocenters. The van der Waals surface area contributed by atoms with Crippen LogP contribution in [-0.4, -0.2) is 51.0 Å². The number of nitrogens with one attached hydrogen (secondary N) is 1. The highest BCUT2D eigenvalue weighted by molar-refractivity contribution is 5.91. The fraction of sp³-hybridized carbons (Fsp3) is 0.348. The molecule has 1 aliphatic rings. The topological polar surface area (TPSA) is 79.1 Å². The zero-order valence-electron chi connectivity index (χ0n) is 17.7. The van der Waals surface area contributed by atoms with Crippen molar-refractivity contribution in [1.82, 2.24) is 25.1 Å². The summed E-state index contributed by atoms with van der Waals surface area (Å²) in [6.07, 6.45) is 1.95. The van der Waals surface area contributed by atoms with Crippen LogP contribution in [0.3, 0.4) is 0 Å².